The van der Waals surface area contributed by atoms with Crippen LogP contribution in [0.4, 0.5) is 0 Å². The fourth-order valence-corrected chi connectivity index (χ4v) is 5.42. The first-order valence-electron chi connectivity index (χ1n) is 6.20. The predicted molar refractivity (Wildman–Crippen MR) is 74.2 cm³/mol. The second kappa shape index (κ2) is 3.90. The molecule has 0 N–H and O–H groups in total. The van der Waals surface area contributed by atoms with Crippen LogP contribution in [0.3, 0.4) is 0 Å². The second-order valence-corrected chi connectivity index (χ2v) is 7.31. The highest BCUT2D eigenvalue weighted by molar-refractivity contribution is 7.99. The Kier molecular flexibility index (Phi) is 2.38. The van der Waals surface area contributed by atoms with Gasteiger partial charge in [0, 0.05) is 32.7 Å². The zero-order valence-corrected chi connectivity index (χ0v) is 12.0. The smallest absolute Gasteiger partial charge is 0.123 e. The molecule has 4 rings (SSSR count). The third kappa shape index (κ3) is 1.61. The van der Waals surface area contributed by atoms with Gasteiger partial charge in [-0.05, 0) is 6.07 Å². The number of rotatable bonds is 0. The Bertz CT molecular complexity index is 655. The van der Waals surface area contributed by atoms with Gasteiger partial charge in [-0.25, -0.2) is 4.98 Å². The molecule has 2 unspecified atom stereocenters. The van der Waals surface area contributed by atoms with Crippen molar-refractivity contribution in [3.63, 3.8) is 0 Å². The lowest BCUT2D eigenvalue weighted by molar-refractivity contribution is -0.268. The number of thiazole rings is 1. The number of nitrogens with zero attached hydrogens (tertiary/aromatic N) is 1. The average Bonchev–Trinajstić information content (AvgIpc) is 2.78. The summed E-state index contributed by atoms with van der Waals surface area (Å²) < 4.78 is 5.91. The molecule has 1 aromatic carbocycles. The first kappa shape index (κ1) is 11.6. The van der Waals surface area contributed by atoms with Gasteiger partial charge in [-0.1, -0.05) is 25.1 Å². The molecule has 0 amide bonds. The summed E-state index contributed by atoms with van der Waals surface area (Å²) in [5.41, 5.74) is 1.24. The van der Waals surface area contributed by atoms with E-state index in [1.165, 1.54) is 16.9 Å². The molecule has 0 saturated carbocycles. The molecular weight excluding hydrogens is 278 g/mol. The molecule has 98 valence electrons. The van der Waals surface area contributed by atoms with E-state index in [0.717, 1.165) is 21.4 Å². The molecule has 0 radical (unpaired) electrons. The molecular formula is C14H12NO2S2-. The summed E-state index contributed by atoms with van der Waals surface area (Å²) in [6.07, 6.45) is 0. The molecule has 3 nitrogen and oxygen atoms in total. The number of para-hydroxylation sites is 1. The Morgan fingerprint density at radius 1 is 1.42 bits per heavy atom. The van der Waals surface area contributed by atoms with E-state index in [9.17, 15) is 5.11 Å². The molecule has 0 spiro atoms. The highest BCUT2D eigenvalue weighted by Crippen LogP contribution is 2.57. The van der Waals surface area contributed by atoms with Gasteiger partial charge in [-0.2, -0.15) is 0 Å². The lowest BCUT2D eigenvalue weighted by atomic mass is 9.72. The molecule has 2 atom stereocenters. The number of aromatic nitrogens is 1. The number of fused-ring (bicyclic) bond motifs is 5. The molecule has 0 fully saturated rings. The number of hydrogen-bond acceptors (Lipinski definition) is 5. The van der Waals surface area contributed by atoms with Crippen molar-refractivity contribution in [3.8, 4) is 10.9 Å². The van der Waals surface area contributed by atoms with E-state index in [0.29, 0.717) is 6.61 Å². The molecule has 0 saturated heterocycles. The molecule has 5 heteroatoms. The van der Waals surface area contributed by atoms with Gasteiger partial charge in [-0.15, -0.1) is 23.1 Å². The number of ether oxygens (including phenoxy) is 1. The summed E-state index contributed by atoms with van der Waals surface area (Å²) in [5.74, 6) is 2.14. The first-order valence-corrected chi connectivity index (χ1v) is 8.00. The van der Waals surface area contributed by atoms with Gasteiger partial charge in [-0.3, -0.25) is 0 Å². The Balaban J connectivity index is 1.95. The molecule has 19 heavy (non-hydrogen) atoms. The van der Waals surface area contributed by atoms with Crippen LogP contribution in [-0.2, 0) is 0 Å². The SMILES string of the molecule is CC12COc3ccccc3C1c1sc([O-])nc1SC2. The maximum atomic E-state index is 11.6. The standard InChI is InChI=1S/C14H13NO2S2/c1-14-6-17-9-5-3-2-4-8(9)10(14)11-12(18-7-14)15-13(16)19-11/h2-5,10H,6-7H2,1H3,(H,15,16)/p-1. The van der Waals surface area contributed by atoms with E-state index in [1.54, 1.807) is 11.8 Å². The van der Waals surface area contributed by atoms with Crippen molar-refractivity contribution >= 4 is 23.1 Å². The fourth-order valence-electron chi connectivity index (χ4n) is 2.95. The Labute approximate surface area is 119 Å². The largest absolute Gasteiger partial charge is 0.851 e. The van der Waals surface area contributed by atoms with Crippen LogP contribution >= 0.6 is 23.1 Å². The zero-order chi connectivity index (χ0) is 13.0. The normalized spacial score (nSPS) is 27.9. The minimum Gasteiger partial charge on any atom is -0.851 e. The van der Waals surface area contributed by atoms with E-state index >= 15 is 0 Å². The summed E-state index contributed by atoms with van der Waals surface area (Å²) in [5, 5.41) is 12.5. The quantitative estimate of drug-likeness (QED) is 0.748. The van der Waals surface area contributed by atoms with Crippen LogP contribution in [-0.4, -0.2) is 17.3 Å². The van der Waals surface area contributed by atoms with Crippen molar-refractivity contribution in [2.75, 3.05) is 12.4 Å². The summed E-state index contributed by atoms with van der Waals surface area (Å²) in [6, 6.07) is 8.15. The molecule has 0 aliphatic carbocycles. The van der Waals surface area contributed by atoms with Crippen molar-refractivity contribution in [1.29, 1.82) is 0 Å². The van der Waals surface area contributed by atoms with E-state index < -0.39 is 0 Å². The van der Waals surface area contributed by atoms with Crippen LogP contribution in [0.5, 0.6) is 10.9 Å². The van der Waals surface area contributed by atoms with Crippen LogP contribution in [0.15, 0.2) is 29.3 Å². The Hall–Kier alpha value is -1.20. The van der Waals surface area contributed by atoms with Gasteiger partial charge in [0.2, 0.25) is 0 Å². The van der Waals surface area contributed by atoms with Gasteiger partial charge in [0.05, 0.1) is 6.61 Å². The third-order valence-corrected chi connectivity index (χ3v) is 6.32. The molecule has 2 aromatic rings. The molecule has 3 heterocycles. The van der Waals surface area contributed by atoms with Crippen LogP contribution in [0, 0.1) is 5.41 Å². The summed E-state index contributed by atoms with van der Waals surface area (Å²) >= 11 is 2.98. The van der Waals surface area contributed by atoms with E-state index in [4.69, 9.17) is 4.74 Å². The van der Waals surface area contributed by atoms with Crippen molar-refractivity contribution in [3.05, 3.63) is 34.7 Å². The Morgan fingerprint density at radius 2 is 2.26 bits per heavy atom. The molecule has 2 aliphatic heterocycles. The minimum absolute atomic E-state index is 0.0466. The van der Waals surface area contributed by atoms with Gasteiger partial charge in [0.15, 0.2) is 0 Å². The van der Waals surface area contributed by atoms with Crippen LogP contribution in [0.1, 0.15) is 23.3 Å². The third-order valence-electron chi connectivity index (χ3n) is 3.89. The lowest BCUT2D eigenvalue weighted by Crippen LogP contribution is -2.40. The van der Waals surface area contributed by atoms with Gasteiger partial charge < -0.3 is 9.84 Å². The Morgan fingerprint density at radius 3 is 3.16 bits per heavy atom. The van der Waals surface area contributed by atoms with Gasteiger partial charge >= 0.3 is 0 Å². The van der Waals surface area contributed by atoms with Crippen molar-refractivity contribution in [2.24, 2.45) is 5.41 Å². The number of hydrogen-bond donors (Lipinski definition) is 0. The maximum absolute atomic E-state index is 11.6. The van der Waals surface area contributed by atoms with Gasteiger partial charge in [0.25, 0.3) is 0 Å². The molecule has 1 aromatic heterocycles. The predicted octanol–water partition coefficient (Wildman–Crippen LogP) is 2.85. The average molecular weight is 290 g/mol. The van der Waals surface area contributed by atoms with Crippen LogP contribution in [0.25, 0.3) is 0 Å². The summed E-state index contributed by atoms with van der Waals surface area (Å²) in [6.45, 7) is 2.95. The summed E-state index contributed by atoms with van der Waals surface area (Å²) in [4.78, 5) is 5.26. The maximum Gasteiger partial charge on any atom is 0.123 e. The topological polar surface area (TPSA) is 45.2 Å². The first-order chi connectivity index (χ1) is 9.17. The van der Waals surface area contributed by atoms with Crippen LogP contribution < -0.4 is 9.84 Å². The highest BCUT2D eigenvalue weighted by Gasteiger charge is 2.46. The number of benzene rings is 1. The van der Waals surface area contributed by atoms with E-state index in [-0.39, 0.29) is 16.5 Å². The molecule has 2 aliphatic rings. The zero-order valence-electron chi connectivity index (χ0n) is 10.4. The van der Waals surface area contributed by atoms with Crippen molar-refractivity contribution in [1.82, 2.24) is 4.98 Å². The molecule has 0 bridgehead atoms. The van der Waals surface area contributed by atoms with Crippen molar-refractivity contribution < 1.29 is 9.84 Å². The van der Waals surface area contributed by atoms with Crippen LogP contribution in [0.2, 0.25) is 0 Å². The van der Waals surface area contributed by atoms with E-state index in [2.05, 4.69) is 18.0 Å². The minimum atomic E-state index is -0.0780. The van der Waals surface area contributed by atoms with E-state index in [1.807, 2.05) is 18.2 Å². The highest BCUT2D eigenvalue weighted by atomic mass is 32.2. The lowest BCUT2D eigenvalue weighted by Gasteiger charge is -2.44. The number of thioether (sulfide) groups is 1. The summed E-state index contributed by atoms with van der Waals surface area (Å²) in [7, 11) is 0. The van der Waals surface area contributed by atoms with Gasteiger partial charge in [0.1, 0.15) is 10.8 Å². The fraction of sp³-hybridized carbons (Fsp3) is 0.357. The second-order valence-electron chi connectivity index (χ2n) is 5.35. The monoisotopic (exact) mass is 290 g/mol. The van der Waals surface area contributed by atoms with Crippen molar-refractivity contribution in [2.45, 2.75) is 17.9 Å².